The maximum atomic E-state index is 4.36. The number of fused-ring (bicyclic) bond motifs is 1. The normalized spacial score (nSPS) is 11.5. The van der Waals surface area contributed by atoms with Gasteiger partial charge < -0.3 is 9.47 Å². The molecule has 2 rings (SSSR count). The van der Waals surface area contributed by atoms with Gasteiger partial charge in [-0.25, -0.2) is 4.98 Å². The first kappa shape index (κ1) is 10.2. The molecule has 0 fully saturated rings. The summed E-state index contributed by atoms with van der Waals surface area (Å²) < 4.78 is 2.05. The quantitative estimate of drug-likeness (QED) is 0.756. The highest BCUT2D eigenvalue weighted by molar-refractivity contribution is 5.75. The molecule has 0 atom stereocenters. The van der Waals surface area contributed by atoms with Gasteiger partial charge in [0.05, 0.1) is 17.4 Å². The summed E-state index contributed by atoms with van der Waals surface area (Å²) in [7, 11) is 6.22. The van der Waals surface area contributed by atoms with Crippen LogP contribution in [-0.2, 0) is 13.5 Å². The Hall–Kier alpha value is -1.35. The first-order valence-electron chi connectivity index (χ1n) is 5.21. The van der Waals surface area contributed by atoms with E-state index in [1.165, 1.54) is 11.1 Å². The van der Waals surface area contributed by atoms with Gasteiger partial charge in [0.2, 0.25) is 0 Å². The monoisotopic (exact) mass is 203 g/mol. The van der Waals surface area contributed by atoms with Crippen LogP contribution in [0.2, 0.25) is 0 Å². The average Bonchev–Trinajstić information content (AvgIpc) is 2.57. The summed E-state index contributed by atoms with van der Waals surface area (Å²) in [4.78, 5) is 6.55. The molecule has 1 aromatic carbocycles. The summed E-state index contributed by atoms with van der Waals surface area (Å²) in [6.07, 6.45) is 2.94. The Balaban J connectivity index is 2.23. The largest absolute Gasteiger partial charge is 0.334 e. The van der Waals surface area contributed by atoms with Crippen LogP contribution in [0.5, 0.6) is 0 Å². The van der Waals surface area contributed by atoms with Crippen LogP contribution in [0.25, 0.3) is 11.0 Å². The molecule has 0 saturated heterocycles. The number of rotatable bonds is 3. The lowest BCUT2D eigenvalue weighted by atomic mass is 10.1. The number of benzene rings is 1. The number of likely N-dealkylation sites (N-methyl/N-ethyl adjacent to an activating group) is 1. The molecule has 0 aliphatic rings. The Labute approximate surface area is 90.3 Å². The van der Waals surface area contributed by atoms with E-state index in [1.807, 2.05) is 17.9 Å². The molecular weight excluding hydrogens is 186 g/mol. The first-order valence-corrected chi connectivity index (χ1v) is 5.21. The van der Waals surface area contributed by atoms with Gasteiger partial charge in [0.15, 0.2) is 0 Å². The molecule has 0 spiro atoms. The molecule has 1 heterocycles. The third-order valence-corrected chi connectivity index (χ3v) is 2.64. The molecule has 15 heavy (non-hydrogen) atoms. The van der Waals surface area contributed by atoms with Crippen molar-refractivity contribution in [1.82, 2.24) is 14.5 Å². The van der Waals surface area contributed by atoms with Gasteiger partial charge in [0.25, 0.3) is 0 Å². The minimum absolute atomic E-state index is 1.08. The third kappa shape index (κ3) is 2.18. The highest BCUT2D eigenvalue weighted by Gasteiger charge is 2.01. The highest BCUT2D eigenvalue weighted by Crippen LogP contribution is 2.14. The van der Waals surface area contributed by atoms with Crippen molar-refractivity contribution in [1.29, 1.82) is 0 Å². The molecule has 0 bridgehead atoms. The van der Waals surface area contributed by atoms with Gasteiger partial charge in [-0.1, -0.05) is 6.07 Å². The molecule has 80 valence electrons. The summed E-state index contributed by atoms with van der Waals surface area (Å²) in [5.41, 5.74) is 3.65. The van der Waals surface area contributed by atoms with E-state index in [-0.39, 0.29) is 0 Å². The van der Waals surface area contributed by atoms with Crippen LogP contribution in [-0.4, -0.2) is 35.1 Å². The fraction of sp³-hybridized carbons (Fsp3) is 0.417. The Morgan fingerprint density at radius 3 is 2.87 bits per heavy atom. The van der Waals surface area contributed by atoms with Crippen LogP contribution in [0.15, 0.2) is 24.5 Å². The number of imidazole rings is 1. The van der Waals surface area contributed by atoms with Crippen LogP contribution in [0.4, 0.5) is 0 Å². The number of aryl methyl sites for hydroxylation is 1. The Bertz CT molecular complexity index is 457. The van der Waals surface area contributed by atoms with Gasteiger partial charge in [-0.05, 0) is 38.2 Å². The molecule has 0 aliphatic heterocycles. The molecule has 0 N–H and O–H groups in total. The van der Waals surface area contributed by atoms with Crippen LogP contribution in [0, 0.1) is 0 Å². The smallest absolute Gasteiger partial charge is 0.0955 e. The topological polar surface area (TPSA) is 21.1 Å². The van der Waals surface area contributed by atoms with Crippen molar-refractivity contribution in [2.75, 3.05) is 20.6 Å². The van der Waals surface area contributed by atoms with Crippen molar-refractivity contribution in [2.24, 2.45) is 7.05 Å². The van der Waals surface area contributed by atoms with Gasteiger partial charge in [-0.2, -0.15) is 0 Å². The lowest BCUT2D eigenvalue weighted by Crippen LogP contribution is -2.14. The third-order valence-electron chi connectivity index (χ3n) is 2.64. The van der Waals surface area contributed by atoms with E-state index < -0.39 is 0 Å². The van der Waals surface area contributed by atoms with E-state index in [1.54, 1.807) is 0 Å². The van der Waals surface area contributed by atoms with Gasteiger partial charge in [0, 0.05) is 13.6 Å². The van der Waals surface area contributed by atoms with Crippen molar-refractivity contribution in [2.45, 2.75) is 6.42 Å². The highest BCUT2D eigenvalue weighted by atomic mass is 15.0. The second-order valence-corrected chi connectivity index (χ2v) is 4.23. The van der Waals surface area contributed by atoms with Crippen molar-refractivity contribution in [3.8, 4) is 0 Å². The Morgan fingerprint density at radius 1 is 1.33 bits per heavy atom. The minimum atomic E-state index is 1.08. The van der Waals surface area contributed by atoms with E-state index >= 15 is 0 Å². The molecule has 2 aromatic rings. The summed E-state index contributed by atoms with van der Waals surface area (Å²) in [6.45, 7) is 1.08. The van der Waals surface area contributed by atoms with Crippen LogP contribution < -0.4 is 0 Å². The van der Waals surface area contributed by atoms with Gasteiger partial charge >= 0.3 is 0 Å². The average molecular weight is 203 g/mol. The van der Waals surface area contributed by atoms with E-state index in [0.29, 0.717) is 0 Å². The molecule has 0 aliphatic carbocycles. The molecule has 3 nitrogen and oxygen atoms in total. The lowest BCUT2D eigenvalue weighted by molar-refractivity contribution is 0.414. The molecule has 0 saturated carbocycles. The number of hydrogen-bond donors (Lipinski definition) is 0. The molecule has 0 unspecified atom stereocenters. The summed E-state index contributed by atoms with van der Waals surface area (Å²) in [5.74, 6) is 0. The SMILES string of the molecule is CN(C)CCc1ccc2c(c1)ncn2C. The maximum Gasteiger partial charge on any atom is 0.0955 e. The van der Waals surface area contributed by atoms with Crippen LogP contribution >= 0.6 is 0 Å². The second-order valence-electron chi connectivity index (χ2n) is 4.23. The van der Waals surface area contributed by atoms with E-state index in [9.17, 15) is 0 Å². The summed E-state index contributed by atoms with van der Waals surface area (Å²) in [6, 6.07) is 6.51. The molecular formula is C12H17N3. The zero-order valence-corrected chi connectivity index (χ0v) is 9.57. The Morgan fingerprint density at radius 2 is 2.13 bits per heavy atom. The Kier molecular flexibility index (Phi) is 2.73. The van der Waals surface area contributed by atoms with E-state index in [2.05, 4.69) is 42.2 Å². The second kappa shape index (κ2) is 4.03. The molecule has 0 amide bonds. The zero-order valence-electron chi connectivity index (χ0n) is 9.57. The molecule has 3 heteroatoms. The molecule has 1 aromatic heterocycles. The van der Waals surface area contributed by atoms with E-state index in [0.717, 1.165) is 18.5 Å². The minimum Gasteiger partial charge on any atom is -0.334 e. The van der Waals surface area contributed by atoms with Gasteiger partial charge in [-0.3, -0.25) is 0 Å². The fourth-order valence-electron chi connectivity index (χ4n) is 1.69. The predicted molar refractivity (Wildman–Crippen MR) is 63.0 cm³/mol. The predicted octanol–water partition coefficient (Wildman–Crippen LogP) is 1.68. The maximum absolute atomic E-state index is 4.36. The van der Waals surface area contributed by atoms with Crippen LogP contribution in [0.3, 0.4) is 0 Å². The van der Waals surface area contributed by atoms with Gasteiger partial charge in [0.1, 0.15) is 0 Å². The summed E-state index contributed by atoms with van der Waals surface area (Å²) in [5, 5.41) is 0. The number of aromatic nitrogens is 2. The van der Waals surface area contributed by atoms with Crippen molar-refractivity contribution in [3.63, 3.8) is 0 Å². The van der Waals surface area contributed by atoms with Gasteiger partial charge in [-0.15, -0.1) is 0 Å². The zero-order chi connectivity index (χ0) is 10.8. The molecule has 0 radical (unpaired) electrons. The van der Waals surface area contributed by atoms with Crippen LogP contribution in [0.1, 0.15) is 5.56 Å². The fourth-order valence-corrected chi connectivity index (χ4v) is 1.69. The standard InChI is InChI=1S/C12H17N3/c1-14(2)7-6-10-4-5-12-11(8-10)13-9-15(12)3/h4-5,8-9H,6-7H2,1-3H3. The van der Waals surface area contributed by atoms with Crippen molar-refractivity contribution in [3.05, 3.63) is 30.1 Å². The van der Waals surface area contributed by atoms with Crippen molar-refractivity contribution >= 4 is 11.0 Å². The summed E-state index contributed by atoms with van der Waals surface area (Å²) >= 11 is 0. The number of nitrogens with zero attached hydrogens (tertiary/aromatic N) is 3. The number of hydrogen-bond acceptors (Lipinski definition) is 2. The first-order chi connectivity index (χ1) is 7.16. The van der Waals surface area contributed by atoms with Crippen molar-refractivity contribution < 1.29 is 0 Å². The van der Waals surface area contributed by atoms with E-state index in [4.69, 9.17) is 0 Å². The lowest BCUT2D eigenvalue weighted by Gasteiger charge is -2.08.